The summed E-state index contributed by atoms with van der Waals surface area (Å²) in [5.74, 6) is 0.746. The summed E-state index contributed by atoms with van der Waals surface area (Å²) in [7, 11) is 1.76. The second-order valence-electron chi connectivity index (χ2n) is 6.42. The molecule has 1 fully saturated rings. The van der Waals surface area contributed by atoms with Crippen LogP contribution < -0.4 is 5.32 Å². The van der Waals surface area contributed by atoms with Crippen molar-refractivity contribution in [2.24, 2.45) is 11.3 Å². The molecule has 1 aliphatic carbocycles. The van der Waals surface area contributed by atoms with E-state index in [2.05, 4.69) is 19.2 Å². The Labute approximate surface area is 119 Å². The summed E-state index contributed by atoms with van der Waals surface area (Å²) in [4.78, 5) is 0. The van der Waals surface area contributed by atoms with E-state index in [1.54, 1.807) is 7.11 Å². The summed E-state index contributed by atoms with van der Waals surface area (Å²) >= 11 is 0. The summed E-state index contributed by atoms with van der Waals surface area (Å²) in [6.07, 6.45) is 7.89. The van der Waals surface area contributed by atoms with Crippen molar-refractivity contribution in [1.82, 2.24) is 5.32 Å². The van der Waals surface area contributed by atoms with Gasteiger partial charge in [-0.25, -0.2) is 0 Å². The largest absolute Gasteiger partial charge is 0.383 e. The van der Waals surface area contributed by atoms with Gasteiger partial charge in [0.15, 0.2) is 0 Å². The van der Waals surface area contributed by atoms with Gasteiger partial charge in [-0.3, -0.25) is 0 Å². The first-order valence-electron chi connectivity index (χ1n) is 7.96. The highest BCUT2D eigenvalue weighted by Gasteiger charge is 2.32. The molecule has 0 aliphatic heterocycles. The quantitative estimate of drug-likeness (QED) is 0.585. The van der Waals surface area contributed by atoms with Crippen LogP contribution >= 0.6 is 0 Å². The van der Waals surface area contributed by atoms with E-state index < -0.39 is 0 Å². The van der Waals surface area contributed by atoms with Crippen LogP contribution in [0.1, 0.15) is 52.4 Å². The normalized spacial score (nSPS) is 18.3. The van der Waals surface area contributed by atoms with Crippen molar-refractivity contribution in [3.05, 3.63) is 0 Å². The van der Waals surface area contributed by atoms with Crippen molar-refractivity contribution in [1.29, 1.82) is 0 Å². The Bertz CT molecular complexity index is 213. The number of ether oxygens (including phenoxy) is 2. The van der Waals surface area contributed by atoms with E-state index in [1.807, 2.05) is 0 Å². The van der Waals surface area contributed by atoms with Gasteiger partial charge in [-0.2, -0.15) is 0 Å². The Hall–Kier alpha value is -0.120. The molecule has 0 aromatic carbocycles. The van der Waals surface area contributed by atoms with Gasteiger partial charge < -0.3 is 14.8 Å². The molecule has 0 aromatic heterocycles. The average molecular weight is 271 g/mol. The molecule has 3 heteroatoms. The minimum Gasteiger partial charge on any atom is -0.383 e. The van der Waals surface area contributed by atoms with E-state index in [-0.39, 0.29) is 0 Å². The van der Waals surface area contributed by atoms with Gasteiger partial charge in [0.05, 0.1) is 6.61 Å². The molecule has 1 saturated carbocycles. The van der Waals surface area contributed by atoms with Gasteiger partial charge in [-0.1, -0.05) is 26.7 Å². The van der Waals surface area contributed by atoms with Gasteiger partial charge in [-0.15, -0.1) is 0 Å². The number of hydrogen-bond acceptors (Lipinski definition) is 3. The maximum atomic E-state index is 5.81. The minimum absolute atomic E-state index is 0.492. The highest BCUT2D eigenvalue weighted by molar-refractivity contribution is 4.86. The number of nitrogens with one attached hydrogen (secondary N) is 1. The molecule has 114 valence electrons. The third kappa shape index (κ3) is 7.28. The molecule has 3 nitrogen and oxygen atoms in total. The third-order valence-electron chi connectivity index (χ3n) is 4.26. The van der Waals surface area contributed by atoms with Crippen LogP contribution in [0.5, 0.6) is 0 Å². The number of methoxy groups -OCH3 is 1. The maximum Gasteiger partial charge on any atom is 0.0587 e. The molecule has 0 amide bonds. The van der Waals surface area contributed by atoms with Crippen LogP contribution in [-0.4, -0.2) is 40.0 Å². The zero-order valence-corrected chi connectivity index (χ0v) is 13.2. The van der Waals surface area contributed by atoms with Crippen molar-refractivity contribution < 1.29 is 9.47 Å². The van der Waals surface area contributed by atoms with Crippen LogP contribution in [0.25, 0.3) is 0 Å². The third-order valence-corrected chi connectivity index (χ3v) is 4.26. The van der Waals surface area contributed by atoms with Gasteiger partial charge in [0.2, 0.25) is 0 Å². The molecule has 0 heterocycles. The first-order chi connectivity index (χ1) is 9.18. The lowest BCUT2D eigenvalue weighted by Crippen LogP contribution is -2.34. The lowest BCUT2D eigenvalue weighted by Gasteiger charge is -2.29. The monoisotopic (exact) mass is 271 g/mol. The van der Waals surface area contributed by atoms with Crippen molar-refractivity contribution in [3.8, 4) is 0 Å². The Morgan fingerprint density at radius 3 is 2.47 bits per heavy atom. The maximum absolute atomic E-state index is 5.81. The summed E-state index contributed by atoms with van der Waals surface area (Å²) in [6, 6.07) is 0. The molecule has 0 saturated heterocycles. The van der Waals surface area contributed by atoms with Crippen molar-refractivity contribution in [2.75, 3.05) is 40.0 Å². The summed E-state index contributed by atoms with van der Waals surface area (Å²) in [5, 5.41) is 3.55. The summed E-state index contributed by atoms with van der Waals surface area (Å²) in [5.41, 5.74) is 0.492. The smallest absolute Gasteiger partial charge is 0.0587 e. The minimum atomic E-state index is 0.492. The summed E-state index contributed by atoms with van der Waals surface area (Å²) < 4.78 is 10.9. The number of hydrogen-bond donors (Lipinski definition) is 1. The highest BCUT2D eigenvalue weighted by Crippen LogP contribution is 2.40. The molecular weight excluding hydrogens is 238 g/mol. The van der Waals surface area contributed by atoms with E-state index in [4.69, 9.17) is 9.47 Å². The van der Waals surface area contributed by atoms with Crippen LogP contribution in [0.15, 0.2) is 0 Å². The molecule has 0 atom stereocenters. The van der Waals surface area contributed by atoms with Crippen LogP contribution in [-0.2, 0) is 9.47 Å². The predicted octanol–water partition coefficient (Wildman–Crippen LogP) is 3.24. The first kappa shape index (κ1) is 16.9. The molecule has 19 heavy (non-hydrogen) atoms. The number of rotatable bonds is 11. The van der Waals surface area contributed by atoms with Gasteiger partial charge in [0.1, 0.15) is 0 Å². The second-order valence-corrected chi connectivity index (χ2v) is 6.42. The highest BCUT2D eigenvalue weighted by atomic mass is 16.5. The van der Waals surface area contributed by atoms with Gasteiger partial charge in [0, 0.05) is 33.4 Å². The fourth-order valence-corrected chi connectivity index (χ4v) is 2.88. The van der Waals surface area contributed by atoms with Crippen LogP contribution in [0, 0.1) is 11.3 Å². The van der Waals surface area contributed by atoms with E-state index in [1.165, 1.54) is 38.5 Å². The molecular formula is C16H33NO2. The Morgan fingerprint density at radius 1 is 1.11 bits per heavy atom. The molecule has 1 rings (SSSR count). The van der Waals surface area contributed by atoms with Gasteiger partial charge in [0.25, 0.3) is 0 Å². The standard InChI is InChI=1S/C16H33NO2/c1-15(2)6-11-19-12-9-16(7-4-5-8-16)14-17-10-13-18-3/h15,17H,4-14H2,1-3H3. The Kier molecular flexibility index (Phi) is 8.67. The molecule has 0 aromatic rings. The molecule has 0 unspecified atom stereocenters. The molecule has 0 radical (unpaired) electrons. The first-order valence-corrected chi connectivity index (χ1v) is 7.96. The van der Waals surface area contributed by atoms with Crippen molar-refractivity contribution in [2.45, 2.75) is 52.4 Å². The van der Waals surface area contributed by atoms with Gasteiger partial charge in [-0.05, 0) is 37.0 Å². The Morgan fingerprint density at radius 2 is 1.84 bits per heavy atom. The average Bonchev–Trinajstić information content (AvgIpc) is 2.83. The van der Waals surface area contributed by atoms with E-state index in [0.717, 1.165) is 38.8 Å². The van der Waals surface area contributed by atoms with Crippen LogP contribution in [0.3, 0.4) is 0 Å². The van der Waals surface area contributed by atoms with Crippen LogP contribution in [0.2, 0.25) is 0 Å². The van der Waals surface area contributed by atoms with Crippen LogP contribution in [0.4, 0.5) is 0 Å². The molecule has 0 spiro atoms. The molecule has 0 bridgehead atoms. The lowest BCUT2D eigenvalue weighted by atomic mass is 9.83. The molecule has 1 N–H and O–H groups in total. The predicted molar refractivity (Wildman–Crippen MR) is 80.5 cm³/mol. The fourth-order valence-electron chi connectivity index (χ4n) is 2.88. The zero-order chi connectivity index (χ0) is 14.0. The summed E-state index contributed by atoms with van der Waals surface area (Å²) in [6.45, 7) is 9.25. The molecule has 1 aliphatic rings. The van der Waals surface area contributed by atoms with E-state index >= 15 is 0 Å². The van der Waals surface area contributed by atoms with E-state index in [0.29, 0.717) is 5.41 Å². The zero-order valence-electron chi connectivity index (χ0n) is 13.2. The fraction of sp³-hybridized carbons (Fsp3) is 1.00. The van der Waals surface area contributed by atoms with Crippen molar-refractivity contribution in [3.63, 3.8) is 0 Å². The lowest BCUT2D eigenvalue weighted by molar-refractivity contribution is 0.0860. The SMILES string of the molecule is COCCNCC1(CCOCCC(C)C)CCCC1. The topological polar surface area (TPSA) is 30.5 Å². The van der Waals surface area contributed by atoms with E-state index in [9.17, 15) is 0 Å². The van der Waals surface area contributed by atoms with Gasteiger partial charge >= 0.3 is 0 Å². The van der Waals surface area contributed by atoms with Crippen molar-refractivity contribution >= 4 is 0 Å². The second kappa shape index (κ2) is 9.73. The Balaban J connectivity index is 2.16.